The van der Waals surface area contributed by atoms with Crippen molar-refractivity contribution in [1.82, 2.24) is 24.1 Å². The minimum atomic E-state index is 0. The molecule has 10 rings (SSSR count). The summed E-state index contributed by atoms with van der Waals surface area (Å²) in [5.41, 5.74) is 15.2. The van der Waals surface area contributed by atoms with Gasteiger partial charge in [-0.05, 0) is 102 Å². The first-order valence-electron chi connectivity index (χ1n) is 17.4. The molecule has 0 atom stereocenters. The molecule has 6 heteroatoms. The number of imidazole rings is 1. The summed E-state index contributed by atoms with van der Waals surface area (Å²) in [6.45, 7) is 8.79. The fourth-order valence-corrected chi connectivity index (χ4v) is 7.98. The van der Waals surface area contributed by atoms with Crippen molar-refractivity contribution in [2.24, 2.45) is 0 Å². The molecular weight excluding hydrogens is 818 g/mol. The maximum atomic E-state index is 5.52. The van der Waals surface area contributed by atoms with E-state index in [1.54, 1.807) is 0 Å². The Balaban J connectivity index is 0.00000360. The van der Waals surface area contributed by atoms with Gasteiger partial charge in [0, 0.05) is 17.3 Å². The molecule has 6 aromatic carbocycles. The monoisotopic (exact) mass is 850 g/mol. The number of pyridine rings is 1. The van der Waals surface area contributed by atoms with E-state index in [-0.39, 0.29) is 21.1 Å². The second-order valence-corrected chi connectivity index (χ2v) is 13.6. The van der Waals surface area contributed by atoms with Crippen LogP contribution in [0.5, 0.6) is 0 Å². The van der Waals surface area contributed by atoms with Crippen LogP contribution in [0.4, 0.5) is 0 Å². The van der Waals surface area contributed by atoms with Gasteiger partial charge < -0.3 is 9.55 Å². The van der Waals surface area contributed by atoms with Crippen molar-refractivity contribution < 1.29 is 21.1 Å². The smallest absolute Gasteiger partial charge is 0.656 e. The zero-order valence-corrected chi connectivity index (χ0v) is 31.4. The number of para-hydroxylation sites is 4. The van der Waals surface area contributed by atoms with Crippen molar-refractivity contribution in [1.29, 1.82) is 0 Å². The van der Waals surface area contributed by atoms with E-state index >= 15 is 0 Å². The molecule has 0 aliphatic heterocycles. The summed E-state index contributed by atoms with van der Waals surface area (Å²) in [6.07, 6.45) is 1.86. The van der Waals surface area contributed by atoms with Gasteiger partial charge in [-0.2, -0.15) is 0 Å². The van der Waals surface area contributed by atoms with Crippen LogP contribution in [-0.2, 0) is 21.1 Å². The zero-order valence-electron chi connectivity index (χ0n) is 29.2. The molecule has 0 aliphatic carbocycles. The zero-order chi connectivity index (χ0) is 34.4. The van der Waals surface area contributed by atoms with Crippen LogP contribution in [0.1, 0.15) is 22.3 Å². The Morgan fingerprint density at radius 3 is 2.23 bits per heavy atom. The van der Waals surface area contributed by atoms with Crippen LogP contribution >= 0.6 is 0 Å². The van der Waals surface area contributed by atoms with E-state index in [2.05, 4.69) is 146 Å². The third kappa shape index (κ3) is 4.66. The van der Waals surface area contributed by atoms with Gasteiger partial charge in [-0.1, -0.05) is 89.8 Å². The third-order valence-electron chi connectivity index (χ3n) is 10.7. The molecule has 252 valence electrons. The van der Waals surface area contributed by atoms with Gasteiger partial charge in [-0.3, -0.25) is 4.57 Å². The van der Waals surface area contributed by atoms with Crippen LogP contribution < -0.4 is 4.98 Å². The van der Waals surface area contributed by atoms with Gasteiger partial charge in [0.05, 0.1) is 16.7 Å². The maximum Gasteiger partial charge on any atom is 2.00 e. The van der Waals surface area contributed by atoms with Crippen LogP contribution in [0.2, 0.25) is 0 Å². The molecule has 52 heavy (non-hydrogen) atoms. The molecular formula is C46H33N5Pt. The number of hydrogen-bond acceptors (Lipinski definition) is 2. The number of aromatic nitrogens is 5. The first kappa shape index (κ1) is 32.2. The Morgan fingerprint density at radius 1 is 0.615 bits per heavy atom. The molecule has 0 unspecified atom stereocenters. The van der Waals surface area contributed by atoms with Gasteiger partial charge in [-0.25, -0.2) is 9.97 Å². The molecule has 5 nitrogen and oxygen atoms in total. The third-order valence-corrected chi connectivity index (χ3v) is 10.7. The SMILES string of the molecule is Cc1ccccc1-n1c(-c2cccc3c2[n-]c2ccccc23)nc2c(-c3[c-]c4c(cc3)c3c(C)c(C)c(C)cc3n4-c3ccccn3)cccc21.[Pt+2]. The number of nitrogens with zero attached hydrogens (tertiary/aromatic N) is 5. The Hall–Kier alpha value is -5.77. The second-order valence-electron chi connectivity index (χ2n) is 13.6. The normalized spacial score (nSPS) is 11.7. The molecule has 10 aromatic rings. The Kier molecular flexibility index (Phi) is 7.53. The number of rotatable bonds is 4. The van der Waals surface area contributed by atoms with Gasteiger partial charge in [0.2, 0.25) is 0 Å². The van der Waals surface area contributed by atoms with E-state index in [4.69, 9.17) is 15.0 Å². The molecule has 0 radical (unpaired) electrons. The molecule has 0 bridgehead atoms. The quantitative estimate of drug-likeness (QED) is 0.166. The molecule has 0 aliphatic rings. The summed E-state index contributed by atoms with van der Waals surface area (Å²) < 4.78 is 4.57. The van der Waals surface area contributed by atoms with Gasteiger partial charge in [0.15, 0.2) is 0 Å². The summed E-state index contributed by atoms with van der Waals surface area (Å²) in [4.78, 5) is 15.5. The van der Waals surface area contributed by atoms with Gasteiger partial charge in [0.25, 0.3) is 0 Å². The molecule has 4 aromatic heterocycles. The van der Waals surface area contributed by atoms with Crippen molar-refractivity contribution in [3.63, 3.8) is 0 Å². The Labute approximate surface area is 315 Å². The number of benzene rings is 6. The van der Waals surface area contributed by atoms with E-state index < -0.39 is 0 Å². The minimum Gasteiger partial charge on any atom is -0.656 e. The Bertz CT molecular complexity index is 3020. The Morgan fingerprint density at radius 2 is 1.38 bits per heavy atom. The predicted octanol–water partition coefficient (Wildman–Crippen LogP) is 11.1. The summed E-state index contributed by atoms with van der Waals surface area (Å²) in [5.74, 6) is 1.74. The first-order valence-corrected chi connectivity index (χ1v) is 17.4. The van der Waals surface area contributed by atoms with Gasteiger partial charge in [0.1, 0.15) is 11.6 Å². The number of aryl methyl sites for hydroxylation is 3. The number of hydrogen-bond donors (Lipinski definition) is 0. The van der Waals surface area contributed by atoms with Gasteiger partial charge >= 0.3 is 21.1 Å². The number of fused-ring (bicyclic) bond motifs is 7. The van der Waals surface area contributed by atoms with Crippen molar-refractivity contribution in [3.05, 3.63) is 156 Å². The van der Waals surface area contributed by atoms with E-state index in [0.29, 0.717) is 0 Å². The molecule has 0 N–H and O–H groups in total. The topological polar surface area (TPSA) is 49.7 Å². The average molecular weight is 851 g/mol. The summed E-state index contributed by atoms with van der Waals surface area (Å²) in [7, 11) is 0. The summed E-state index contributed by atoms with van der Waals surface area (Å²) in [6, 6.07) is 46.5. The molecule has 0 saturated carbocycles. The van der Waals surface area contributed by atoms with Crippen LogP contribution in [0.15, 0.2) is 128 Å². The van der Waals surface area contributed by atoms with Gasteiger partial charge in [-0.15, -0.1) is 34.8 Å². The van der Waals surface area contributed by atoms with E-state index in [1.165, 1.54) is 33.0 Å². The molecule has 0 spiro atoms. The minimum absolute atomic E-state index is 0. The second kappa shape index (κ2) is 12.2. The standard InChI is InChI=1S/C46H33N5.Pt/c1-27-13-5-8-19-38(27)51-39-20-12-15-32(45(39)49-46(51)36-17-11-16-34-33-14-6-7-18-37(33)48-44(34)36)31-22-23-35-40(26-31)50(42-21-9-10-24-47-42)41-25-28(2)29(3)30(4)43(35)41;/h5-25H,1-4H3;/q-2;+2. The van der Waals surface area contributed by atoms with Crippen LogP contribution in [0.25, 0.3) is 88.7 Å². The molecule has 0 saturated heterocycles. The summed E-state index contributed by atoms with van der Waals surface area (Å²) in [5, 5.41) is 4.70. The van der Waals surface area contributed by atoms with Crippen molar-refractivity contribution >= 4 is 54.6 Å². The van der Waals surface area contributed by atoms with E-state index in [0.717, 1.165) is 77.9 Å². The van der Waals surface area contributed by atoms with E-state index in [9.17, 15) is 0 Å². The van der Waals surface area contributed by atoms with Crippen LogP contribution in [0, 0.1) is 33.8 Å². The largest absolute Gasteiger partial charge is 2.00 e. The first-order chi connectivity index (χ1) is 25.0. The van der Waals surface area contributed by atoms with E-state index in [1.807, 2.05) is 24.4 Å². The molecule has 0 amide bonds. The predicted molar refractivity (Wildman–Crippen MR) is 210 cm³/mol. The molecule has 0 fully saturated rings. The maximum absolute atomic E-state index is 5.52. The summed E-state index contributed by atoms with van der Waals surface area (Å²) >= 11 is 0. The van der Waals surface area contributed by atoms with Crippen LogP contribution in [-0.4, -0.2) is 19.1 Å². The van der Waals surface area contributed by atoms with Crippen LogP contribution in [0.3, 0.4) is 0 Å². The molecule has 4 heterocycles. The van der Waals surface area contributed by atoms with Crippen molar-refractivity contribution in [2.45, 2.75) is 27.7 Å². The average Bonchev–Trinajstić information content (AvgIpc) is 3.84. The fraction of sp³-hybridized carbons (Fsp3) is 0.0870. The van der Waals surface area contributed by atoms with Crippen molar-refractivity contribution in [3.8, 4) is 34.0 Å². The van der Waals surface area contributed by atoms with Crippen molar-refractivity contribution in [2.75, 3.05) is 0 Å². The fourth-order valence-electron chi connectivity index (χ4n) is 7.98.